The third-order valence-corrected chi connectivity index (χ3v) is 4.97. The van der Waals surface area contributed by atoms with E-state index in [1.54, 1.807) is 30.3 Å². The quantitative estimate of drug-likeness (QED) is 0.545. The number of ether oxygens (including phenoxy) is 1. The fourth-order valence-electron chi connectivity index (χ4n) is 2.49. The van der Waals surface area contributed by atoms with Crippen molar-refractivity contribution in [3.05, 3.63) is 58.7 Å². The summed E-state index contributed by atoms with van der Waals surface area (Å²) in [6, 6.07) is 8.54. The maximum atomic E-state index is 12.7. The minimum Gasteiger partial charge on any atom is -0.468 e. The molecule has 1 aromatic heterocycles. The molecule has 0 aliphatic rings. The van der Waals surface area contributed by atoms with Crippen molar-refractivity contribution in [3.63, 3.8) is 0 Å². The van der Waals surface area contributed by atoms with Gasteiger partial charge in [0.25, 0.3) is 5.91 Å². The third kappa shape index (κ3) is 8.66. The average molecular weight is 476 g/mol. The number of alkyl halides is 3. The highest BCUT2D eigenvalue weighted by atomic mass is 35.5. The van der Waals surface area contributed by atoms with Gasteiger partial charge in [0.1, 0.15) is 6.04 Å². The lowest BCUT2D eigenvalue weighted by atomic mass is 10.1. The van der Waals surface area contributed by atoms with Gasteiger partial charge in [0, 0.05) is 18.8 Å². The summed E-state index contributed by atoms with van der Waals surface area (Å²) in [4.78, 5) is 28.9. The topological polar surface area (TPSA) is 80.3 Å². The van der Waals surface area contributed by atoms with Gasteiger partial charge in [0.2, 0.25) is 11.8 Å². The number of halogens is 4. The molecule has 1 heterocycles. The molecule has 1 unspecified atom stereocenters. The van der Waals surface area contributed by atoms with Gasteiger partial charge in [-0.25, -0.2) is 4.98 Å². The maximum absolute atomic E-state index is 12.7. The van der Waals surface area contributed by atoms with Crippen LogP contribution >= 0.6 is 23.4 Å². The number of carbonyl (C=O) groups is 2. The Morgan fingerprint density at radius 3 is 2.68 bits per heavy atom. The van der Waals surface area contributed by atoms with E-state index in [4.69, 9.17) is 11.6 Å². The van der Waals surface area contributed by atoms with Crippen LogP contribution in [0.5, 0.6) is 5.88 Å². The molecule has 6 nitrogen and oxygen atoms in total. The molecule has 1 aromatic carbocycles. The van der Waals surface area contributed by atoms with E-state index in [9.17, 15) is 22.8 Å². The third-order valence-electron chi connectivity index (χ3n) is 4.00. The zero-order valence-electron chi connectivity index (χ0n) is 16.5. The van der Waals surface area contributed by atoms with Crippen LogP contribution in [0, 0.1) is 0 Å². The molecule has 168 valence electrons. The molecule has 0 radical (unpaired) electrons. The summed E-state index contributed by atoms with van der Waals surface area (Å²) in [6.45, 7) is -1.43. The van der Waals surface area contributed by atoms with Gasteiger partial charge < -0.3 is 15.4 Å². The Morgan fingerprint density at radius 2 is 2.00 bits per heavy atom. The van der Waals surface area contributed by atoms with Crippen LogP contribution in [-0.4, -0.2) is 47.6 Å². The van der Waals surface area contributed by atoms with Crippen LogP contribution in [0.25, 0.3) is 0 Å². The molecular weight excluding hydrogens is 455 g/mol. The summed E-state index contributed by atoms with van der Waals surface area (Å²) in [7, 11) is 0. The van der Waals surface area contributed by atoms with E-state index < -0.39 is 30.6 Å². The number of carbonyl (C=O) groups excluding carboxylic acids is 2. The predicted molar refractivity (Wildman–Crippen MR) is 113 cm³/mol. The van der Waals surface area contributed by atoms with Gasteiger partial charge in [-0.05, 0) is 42.2 Å². The smallest absolute Gasteiger partial charge is 0.422 e. The highest BCUT2D eigenvalue weighted by molar-refractivity contribution is 7.98. The lowest BCUT2D eigenvalue weighted by Gasteiger charge is -2.19. The number of aromatic nitrogens is 1. The van der Waals surface area contributed by atoms with Crippen LogP contribution in [0.15, 0.2) is 42.6 Å². The van der Waals surface area contributed by atoms with Gasteiger partial charge in [0.05, 0.1) is 10.6 Å². The van der Waals surface area contributed by atoms with Crippen molar-refractivity contribution >= 4 is 35.2 Å². The second-order valence-corrected chi connectivity index (χ2v) is 7.80. The van der Waals surface area contributed by atoms with Gasteiger partial charge in [0.15, 0.2) is 6.61 Å². The Bertz CT molecular complexity index is 899. The first-order valence-corrected chi connectivity index (χ1v) is 10.9. The zero-order chi connectivity index (χ0) is 22.9. The molecule has 0 saturated carbocycles. The van der Waals surface area contributed by atoms with Gasteiger partial charge in [-0.3, -0.25) is 9.59 Å². The maximum Gasteiger partial charge on any atom is 0.422 e. The first-order valence-electron chi connectivity index (χ1n) is 9.16. The first kappa shape index (κ1) is 24.8. The number of benzene rings is 1. The van der Waals surface area contributed by atoms with Gasteiger partial charge in [-0.1, -0.05) is 23.7 Å². The number of amides is 2. The highest BCUT2D eigenvalue weighted by Crippen LogP contribution is 2.18. The van der Waals surface area contributed by atoms with Crippen LogP contribution in [0.4, 0.5) is 13.2 Å². The van der Waals surface area contributed by atoms with E-state index in [0.717, 1.165) is 0 Å². The second-order valence-electron chi connectivity index (χ2n) is 6.41. The van der Waals surface area contributed by atoms with Crippen molar-refractivity contribution in [3.8, 4) is 5.88 Å². The lowest BCUT2D eigenvalue weighted by molar-refractivity contribution is -0.154. The molecule has 2 rings (SSSR count). The molecule has 31 heavy (non-hydrogen) atoms. The molecule has 2 N–H and O–H groups in total. The predicted octanol–water partition coefficient (Wildman–Crippen LogP) is 3.84. The number of rotatable bonds is 10. The fourth-order valence-corrected chi connectivity index (χ4v) is 3.19. The summed E-state index contributed by atoms with van der Waals surface area (Å²) >= 11 is 7.57. The molecule has 2 aromatic rings. The van der Waals surface area contributed by atoms with Crippen LogP contribution in [0.1, 0.15) is 22.3 Å². The van der Waals surface area contributed by atoms with Gasteiger partial charge >= 0.3 is 6.18 Å². The van der Waals surface area contributed by atoms with E-state index >= 15 is 0 Å². The Morgan fingerprint density at radius 1 is 1.26 bits per heavy atom. The minimum absolute atomic E-state index is 0.0292. The number of thioether (sulfide) groups is 1. The van der Waals surface area contributed by atoms with E-state index in [-0.39, 0.29) is 23.0 Å². The standard InChI is InChI=1S/C20H21ClF3N3O3S/c1-31-9-7-16(27-18(28)14-4-2-3-5-15(14)21)19(29)26-11-13-6-8-25-17(10-13)30-12-20(22,23)24/h2-6,8,10,16H,7,9,11-12H2,1H3,(H,26,29)(H,27,28). The second kappa shape index (κ2) is 11.8. The average Bonchev–Trinajstić information content (AvgIpc) is 2.73. The first-order chi connectivity index (χ1) is 14.7. The molecule has 0 saturated heterocycles. The summed E-state index contributed by atoms with van der Waals surface area (Å²) < 4.78 is 41.5. The Kier molecular flexibility index (Phi) is 9.44. The summed E-state index contributed by atoms with van der Waals surface area (Å²) in [6.07, 6.45) is -0.919. The van der Waals surface area contributed by atoms with Crippen LogP contribution < -0.4 is 15.4 Å². The SMILES string of the molecule is CSCCC(NC(=O)c1ccccc1Cl)C(=O)NCc1ccnc(OCC(F)(F)F)c1. The molecule has 11 heteroatoms. The largest absolute Gasteiger partial charge is 0.468 e. The summed E-state index contributed by atoms with van der Waals surface area (Å²) in [5, 5.41) is 5.63. The fraction of sp³-hybridized carbons (Fsp3) is 0.350. The normalized spacial score (nSPS) is 12.2. The minimum atomic E-state index is -4.48. The number of nitrogens with one attached hydrogen (secondary N) is 2. The van der Waals surface area contributed by atoms with Crippen LogP contribution in [0.3, 0.4) is 0 Å². The van der Waals surface area contributed by atoms with Gasteiger partial charge in [-0.15, -0.1) is 0 Å². The Labute approximate surface area is 186 Å². The summed E-state index contributed by atoms with van der Waals surface area (Å²) in [5.41, 5.74) is 0.758. The lowest BCUT2D eigenvalue weighted by Crippen LogP contribution is -2.47. The van der Waals surface area contributed by atoms with E-state index in [1.165, 1.54) is 24.0 Å². The number of hydrogen-bond donors (Lipinski definition) is 2. The number of pyridine rings is 1. The van der Waals surface area contributed by atoms with Crippen molar-refractivity contribution in [2.45, 2.75) is 25.2 Å². The number of nitrogens with zero attached hydrogens (tertiary/aromatic N) is 1. The zero-order valence-corrected chi connectivity index (χ0v) is 18.1. The molecule has 0 aliphatic carbocycles. The molecule has 0 fully saturated rings. The molecule has 2 amide bonds. The van der Waals surface area contributed by atoms with Crippen molar-refractivity contribution in [1.82, 2.24) is 15.6 Å². The van der Waals surface area contributed by atoms with E-state index in [0.29, 0.717) is 17.7 Å². The Hall–Kier alpha value is -2.46. The number of hydrogen-bond acceptors (Lipinski definition) is 5. The monoisotopic (exact) mass is 475 g/mol. The van der Waals surface area contributed by atoms with E-state index in [1.807, 2.05) is 6.26 Å². The molecule has 0 aliphatic heterocycles. The van der Waals surface area contributed by atoms with Crippen LogP contribution in [-0.2, 0) is 11.3 Å². The van der Waals surface area contributed by atoms with E-state index in [2.05, 4.69) is 20.4 Å². The van der Waals surface area contributed by atoms with Crippen molar-refractivity contribution < 1.29 is 27.5 Å². The molecular formula is C20H21ClF3N3O3S. The highest BCUT2D eigenvalue weighted by Gasteiger charge is 2.28. The van der Waals surface area contributed by atoms with Crippen LogP contribution in [0.2, 0.25) is 5.02 Å². The Balaban J connectivity index is 1.99. The molecule has 1 atom stereocenters. The van der Waals surface area contributed by atoms with Crippen molar-refractivity contribution in [2.24, 2.45) is 0 Å². The molecule has 0 spiro atoms. The van der Waals surface area contributed by atoms with Crippen molar-refractivity contribution in [1.29, 1.82) is 0 Å². The van der Waals surface area contributed by atoms with Gasteiger partial charge in [-0.2, -0.15) is 24.9 Å². The van der Waals surface area contributed by atoms with Crippen molar-refractivity contribution in [2.75, 3.05) is 18.6 Å². The molecule has 0 bridgehead atoms. The summed E-state index contributed by atoms with van der Waals surface area (Å²) in [5.74, 6) is -0.469.